The molecule has 2 rings (SSSR count). The highest BCUT2D eigenvalue weighted by molar-refractivity contribution is 5.90. The minimum atomic E-state index is -0.609. The van der Waals surface area contributed by atoms with Crippen molar-refractivity contribution in [3.05, 3.63) is 70.3 Å². The van der Waals surface area contributed by atoms with Crippen LogP contribution in [0.15, 0.2) is 59.6 Å². The number of non-ortho nitro benzene ring substituents is 1. The van der Waals surface area contributed by atoms with E-state index >= 15 is 0 Å². The number of hydrogen-bond acceptors (Lipinski definition) is 5. The van der Waals surface area contributed by atoms with E-state index in [1.807, 2.05) is 0 Å². The fraction of sp³-hybridized carbons (Fsp3) is 0. The van der Waals surface area contributed by atoms with Gasteiger partial charge in [-0.2, -0.15) is 5.48 Å². The number of hydrogen-bond donors (Lipinski definition) is 2. The van der Waals surface area contributed by atoms with Gasteiger partial charge in [-0.05, 0) is 24.3 Å². The molecule has 8 nitrogen and oxygen atoms in total. The van der Waals surface area contributed by atoms with Gasteiger partial charge < -0.3 is 10.6 Å². The summed E-state index contributed by atoms with van der Waals surface area (Å²) in [6.07, 6.45) is 0. The van der Waals surface area contributed by atoms with Crippen molar-refractivity contribution in [2.24, 2.45) is 10.7 Å². The first-order valence-electron chi connectivity index (χ1n) is 6.17. The van der Waals surface area contributed by atoms with E-state index in [-0.39, 0.29) is 11.6 Å². The highest BCUT2D eigenvalue weighted by Gasteiger charge is 2.07. The van der Waals surface area contributed by atoms with Gasteiger partial charge in [-0.25, -0.2) is 9.79 Å². The molecule has 0 saturated heterocycles. The molecule has 2 aromatic carbocycles. The summed E-state index contributed by atoms with van der Waals surface area (Å²) in [6, 6.07) is 13.8. The minimum absolute atomic E-state index is 0.0546. The topological polar surface area (TPSA) is 120 Å². The van der Waals surface area contributed by atoms with Gasteiger partial charge >= 0.3 is 5.97 Å². The average Bonchev–Trinajstić information content (AvgIpc) is 2.54. The molecule has 0 radical (unpaired) electrons. The quantitative estimate of drug-likeness (QED) is 0.386. The summed E-state index contributed by atoms with van der Waals surface area (Å²) in [5, 5.41) is 10.5. The Hall–Kier alpha value is -3.42. The Morgan fingerprint density at radius 2 is 1.77 bits per heavy atom. The van der Waals surface area contributed by atoms with Crippen LogP contribution in [-0.4, -0.2) is 16.9 Å². The third kappa shape index (κ3) is 4.04. The number of rotatable bonds is 3. The van der Waals surface area contributed by atoms with E-state index in [0.717, 1.165) is 0 Å². The summed E-state index contributed by atoms with van der Waals surface area (Å²) in [5.41, 5.74) is 8.45. The van der Waals surface area contributed by atoms with Crippen LogP contribution in [0.2, 0.25) is 0 Å². The molecule has 0 aromatic heterocycles. The van der Waals surface area contributed by atoms with Crippen LogP contribution in [0.3, 0.4) is 0 Å². The Kier molecular flexibility index (Phi) is 4.66. The van der Waals surface area contributed by atoms with Gasteiger partial charge in [0.1, 0.15) is 0 Å². The molecule has 3 N–H and O–H groups in total. The first-order chi connectivity index (χ1) is 10.6. The van der Waals surface area contributed by atoms with Crippen molar-refractivity contribution in [1.29, 1.82) is 0 Å². The Morgan fingerprint density at radius 3 is 2.36 bits per heavy atom. The number of guanidine groups is 1. The predicted molar refractivity (Wildman–Crippen MR) is 79.4 cm³/mol. The fourth-order valence-corrected chi connectivity index (χ4v) is 1.54. The number of nitrogens with one attached hydrogen (secondary N) is 1. The Labute approximate surface area is 125 Å². The summed E-state index contributed by atoms with van der Waals surface area (Å²) in [4.78, 5) is 30.3. The van der Waals surface area contributed by atoms with Gasteiger partial charge in [-0.1, -0.05) is 18.2 Å². The molecule has 0 amide bonds. The Bertz CT molecular complexity index is 699. The zero-order valence-corrected chi connectivity index (χ0v) is 11.3. The molecule has 0 bridgehead atoms. The minimum Gasteiger partial charge on any atom is -0.367 e. The van der Waals surface area contributed by atoms with Crippen LogP contribution in [0.4, 0.5) is 11.4 Å². The summed E-state index contributed by atoms with van der Waals surface area (Å²) >= 11 is 0. The van der Waals surface area contributed by atoms with E-state index < -0.39 is 10.9 Å². The maximum atomic E-state index is 11.7. The number of nitro groups is 1. The van der Waals surface area contributed by atoms with Crippen LogP contribution >= 0.6 is 0 Å². The van der Waals surface area contributed by atoms with Crippen molar-refractivity contribution in [3.8, 4) is 0 Å². The molecule has 0 aliphatic rings. The summed E-state index contributed by atoms with van der Waals surface area (Å²) in [7, 11) is 0. The lowest BCUT2D eigenvalue weighted by Crippen LogP contribution is -2.33. The molecule has 0 unspecified atom stereocenters. The summed E-state index contributed by atoms with van der Waals surface area (Å²) < 4.78 is 0. The molecule has 22 heavy (non-hydrogen) atoms. The molecule has 2 aromatic rings. The normalized spacial score (nSPS) is 10.8. The van der Waals surface area contributed by atoms with Crippen molar-refractivity contribution < 1.29 is 14.6 Å². The van der Waals surface area contributed by atoms with Gasteiger partial charge in [0.05, 0.1) is 16.2 Å². The third-order valence-electron chi connectivity index (χ3n) is 2.57. The number of nitro benzene ring substituents is 1. The zero-order chi connectivity index (χ0) is 15.9. The number of nitrogens with zero attached hydrogens (tertiary/aromatic N) is 2. The van der Waals surface area contributed by atoms with Crippen LogP contribution in [-0.2, 0) is 4.84 Å². The van der Waals surface area contributed by atoms with Crippen molar-refractivity contribution in [3.63, 3.8) is 0 Å². The molecule has 112 valence electrons. The van der Waals surface area contributed by atoms with Crippen molar-refractivity contribution in [2.75, 3.05) is 0 Å². The molecule has 0 aliphatic heterocycles. The van der Waals surface area contributed by atoms with Crippen LogP contribution in [0.25, 0.3) is 0 Å². The summed E-state index contributed by atoms with van der Waals surface area (Å²) in [6.45, 7) is 0. The van der Waals surface area contributed by atoms with Gasteiger partial charge in [0.25, 0.3) is 5.69 Å². The third-order valence-corrected chi connectivity index (χ3v) is 2.57. The Morgan fingerprint density at radius 1 is 1.14 bits per heavy atom. The van der Waals surface area contributed by atoms with Crippen LogP contribution in [0, 0.1) is 10.1 Å². The highest BCUT2D eigenvalue weighted by atomic mass is 16.7. The van der Waals surface area contributed by atoms with Crippen molar-refractivity contribution in [1.82, 2.24) is 5.48 Å². The van der Waals surface area contributed by atoms with E-state index in [4.69, 9.17) is 10.6 Å². The lowest BCUT2D eigenvalue weighted by atomic mass is 10.2. The standard InChI is InChI=1S/C14H12N4O4/c15-14(16-11-6-8-12(9-7-11)18(20)21)17-22-13(19)10-4-2-1-3-5-10/h1-9H,(H3,15,16,17). The second-order valence-corrected chi connectivity index (χ2v) is 4.13. The second-order valence-electron chi connectivity index (χ2n) is 4.13. The van der Waals surface area contributed by atoms with E-state index in [2.05, 4.69) is 10.5 Å². The number of nitrogens with two attached hydrogens (primary N) is 1. The molecule has 0 saturated carbocycles. The van der Waals surface area contributed by atoms with Gasteiger partial charge in [-0.3, -0.25) is 10.1 Å². The van der Waals surface area contributed by atoms with Crippen molar-refractivity contribution >= 4 is 23.3 Å². The lowest BCUT2D eigenvalue weighted by Gasteiger charge is -2.05. The van der Waals surface area contributed by atoms with E-state index in [1.54, 1.807) is 30.3 Å². The van der Waals surface area contributed by atoms with Crippen LogP contribution in [0.1, 0.15) is 10.4 Å². The average molecular weight is 300 g/mol. The molecular formula is C14H12N4O4. The first-order valence-corrected chi connectivity index (χ1v) is 6.17. The van der Waals surface area contributed by atoms with E-state index in [1.165, 1.54) is 24.3 Å². The monoisotopic (exact) mass is 300 g/mol. The van der Waals surface area contributed by atoms with E-state index in [9.17, 15) is 14.9 Å². The predicted octanol–water partition coefficient (Wildman–Crippen LogP) is 1.90. The van der Waals surface area contributed by atoms with Crippen LogP contribution < -0.4 is 11.2 Å². The summed E-state index contributed by atoms with van der Waals surface area (Å²) in [5.74, 6) is -0.763. The number of benzene rings is 2. The van der Waals surface area contributed by atoms with Gasteiger partial charge in [0, 0.05) is 12.1 Å². The number of carbonyl (C=O) groups excluding carboxylic acids is 1. The number of carbonyl (C=O) groups is 1. The SMILES string of the molecule is NC(=Nc1ccc([N+](=O)[O-])cc1)NOC(=O)c1ccccc1. The number of hydroxylamine groups is 1. The maximum Gasteiger partial charge on any atom is 0.362 e. The maximum absolute atomic E-state index is 11.7. The fourth-order valence-electron chi connectivity index (χ4n) is 1.54. The molecule has 8 heteroatoms. The van der Waals surface area contributed by atoms with Gasteiger partial charge in [0.15, 0.2) is 0 Å². The van der Waals surface area contributed by atoms with Crippen LogP contribution in [0.5, 0.6) is 0 Å². The Balaban J connectivity index is 1.95. The second kappa shape index (κ2) is 6.84. The molecule has 0 aliphatic carbocycles. The van der Waals surface area contributed by atoms with Crippen molar-refractivity contribution in [2.45, 2.75) is 0 Å². The smallest absolute Gasteiger partial charge is 0.362 e. The lowest BCUT2D eigenvalue weighted by molar-refractivity contribution is -0.384. The zero-order valence-electron chi connectivity index (χ0n) is 11.3. The molecule has 0 fully saturated rings. The molecule has 0 atom stereocenters. The molecular weight excluding hydrogens is 288 g/mol. The highest BCUT2D eigenvalue weighted by Crippen LogP contribution is 2.17. The van der Waals surface area contributed by atoms with E-state index in [0.29, 0.717) is 11.3 Å². The van der Waals surface area contributed by atoms with Gasteiger partial charge in [0.2, 0.25) is 5.96 Å². The molecule has 0 heterocycles. The number of aliphatic imine (C=N–C) groups is 1. The van der Waals surface area contributed by atoms with Gasteiger partial charge in [-0.15, -0.1) is 0 Å². The largest absolute Gasteiger partial charge is 0.367 e. The first kappa shape index (κ1) is 15.0. The molecule has 0 spiro atoms.